The molecular formula is C11H11ClN2. The Morgan fingerprint density at radius 1 is 1.57 bits per heavy atom. The van der Waals surface area contributed by atoms with Crippen LogP contribution in [0.2, 0.25) is 5.02 Å². The summed E-state index contributed by atoms with van der Waals surface area (Å²) >= 11 is 5.84. The Morgan fingerprint density at radius 3 is 2.86 bits per heavy atom. The van der Waals surface area contributed by atoms with Crippen molar-refractivity contribution in [3.8, 4) is 6.07 Å². The van der Waals surface area contributed by atoms with Gasteiger partial charge in [0.05, 0.1) is 11.6 Å². The fourth-order valence-electron chi connectivity index (χ4n) is 1.21. The molecule has 1 aromatic rings. The highest BCUT2D eigenvalue weighted by Gasteiger charge is 2.06. The first-order valence-electron chi connectivity index (χ1n) is 4.24. The zero-order valence-electron chi connectivity index (χ0n) is 7.70. The summed E-state index contributed by atoms with van der Waals surface area (Å²) in [7, 11) is 0. The summed E-state index contributed by atoms with van der Waals surface area (Å²) in [5.41, 5.74) is 7.26. The zero-order valence-corrected chi connectivity index (χ0v) is 8.46. The van der Waals surface area contributed by atoms with Crippen LogP contribution in [0.4, 0.5) is 0 Å². The minimum Gasteiger partial charge on any atom is -0.324 e. The number of hydrogen-bond donors (Lipinski definition) is 1. The highest BCUT2D eigenvalue weighted by Crippen LogP contribution is 2.20. The van der Waals surface area contributed by atoms with Crippen molar-refractivity contribution in [2.24, 2.45) is 5.73 Å². The molecule has 0 aliphatic heterocycles. The highest BCUT2D eigenvalue weighted by atomic mass is 35.5. The van der Waals surface area contributed by atoms with Crippen molar-refractivity contribution in [2.75, 3.05) is 0 Å². The van der Waals surface area contributed by atoms with Gasteiger partial charge in [-0.15, -0.1) is 6.58 Å². The lowest BCUT2D eigenvalue weighted by atomic mass is 10.0. The Balaban J connectivity index is 3.03. The lowest BCUT2D eigenvalue weighted by Gasteiger charge is -2.09. The molecule has 0 spiro atoms. The van der Waals surface area contributed by atoms with Gasteiger partial charge in [0.2, 0.25) is 0 Å². The SMILES string of the molecule is C=CCC(N)c1cc(Cl)cc(C#N)c1. The van der Waals surface area contributed by atoms with Gasteiger partial charge in [-0.1, -0.05) is 17.7 Å². The molecule has 1 aromatic carbocycles. The molecule has 2 N–H and O–H groups in total. The number of halogens is 1. The van der Waals surface area contributed by atoms with Crippen molar-refractivity contribution in [3.05, 3.63) is 47.0 Å². The first-order chi connectivity index (χ1) is 6.67. The van der Waals surface area contributed by atoms with Crippen molar-refractivity contribution in [2.45, 2.75) is 12.5 Å². The number of benzene rings is 1. The Labute approximate surface area is 88.6 Å². The maximum atomic E-state index is 8.73. The minimum atomic E-state index is -0.140. The third-order valence-electron chi connectivity index (χ3n) is 1.90. The van der Waals surface area contributed by atoms with E-state index in [-0.39, 0.29) is 6.04 Å². The molecule has 0 bridgehead atoms. The Hall–Kier alpha value is -1.30. The molecule has 0 amide bonds. The summed E-state index contributed by atoms with van der Waals surface area (Å²) in [6.07, 6.45) is 2.42. The van der Waals surface area contributed by atoms with Crippen LogP contribution >= 0.6 is 11.6 Å². The molecular weight excluding hydrogens is 196 g/mol. The monoisotopic (exact) mass is 206 g/mol. The standard InChI is InChI=1S/C11H11ClN2/c1-2-3-11(14)9-4-8(7-13)5-10(12)6-9/h2,4-6,11H,1,3,14H2. The summed E-state index contributed by atoms with van der Waals surface area (Å²) in [5, 5.41) is 9.27. The van der Waals surface area contributed by atoms with E-state index >= 15 is 0 Å². The van der Waals surface area contributed by atoms with Gasteiger partial charge in [0.25, 0.3) is 0 Å². The maximum Gasteiger partial charge on any atom is 0.0992 e. The lowest BCUT2D eigenvalue weighted by Crippen LogP contribution is -2.09. The molecule has 14 heavy (non-hydrogen) atoms. The molecule has 1 rings (SSSR count). The van der Waals surface area contributed by atoms with Crippen LogP contribution < -0.4 is 5.73 Å². The molecule has 1 atom stereocenters. The largest absolute Gasteiger partial charge is 0.324 e. The van der Waals surface area contributed by atoms with Crippen LogP contribution in [0.5, 0.6) is 0 Å². The van der Waals surface area contributed by atoms with Crippen LogP contribution in [0.1, 0.15) is 23.6 Å². The summed E-state index contributed by atoms with van der Waals surface area (Å²) in [5.74, 6) is 0. The van der Waals surface area contributed by atoms with E-state index in [4.69, 9.17) is 22.6 Å². The van der Waals surface area contributed by atoms with Crippen LogP contribution in [0.25, 0.3) is 0 Å². The molecule has 0 saturated heterocycles. The number of hydrogen-bond acceptors (Lipinski definition) is 2. The van der Waals surface area contributed by atoms with Gasteiger partial charge in [-0.2, -0.15) is 5.26 Å². The first-order valence-corrected chi connectivity index (χ1v) is 4.62. The van der Waals surface area contributed by atoms with Crippen molar-refractivity contribution in [1.29, 1.82) is 5.26 Å². The molecule has 72 valence electrons. The molecule has 0 aromatic heterocycles. The van der Waals surface area contributed by atoms with Gasteiger partial charge in [-0.05, 0) is 30.2 Å². The first kappa shape index (κ1) is 10.8. The third-order valence-corrected chi connectivity index (χ3v) is 2.12. The Morgan fingerprint density at radius 2 is 2.29 bits per heavy atom. The molecule has 2 nitrogen and oxygen atoms in total. The van der Waals surface area contributed by atoms with Crippen LogP contribution in [-0.4, -0.2) is 0 Å². The maximum absolute atomic E-state index is 8.73. The van der Waals surface area contributed by atoms with Gasteiger partial charge < -0.3 is 5.73 Å². The normalized spacial score (nSPS) is 11.8. The lowest BCUT2D eigenvalue weighted by molar-refractivity contribution is 0.741. The van der Waals surface area contributed by atoms with Gasteiger partial charge >= 0.3 is 0 Å². The summed E-state index contributed by atoms with van der Waals surface area (Å²) in [6.45, 7) is 3.61. The quantitative estimate of drug-likeness (QED) is 0.774. The molecule has 1 unspecified atom stereocenters. The highest BCUT2D eigenvalue weighted by molar-refractivity contribution is 6.30. The predicted molar refractivity (Wildman–Crippen MR) is 57.9 cm³/mol. The fourth-order valence-corrected chi connectivity index (χ4v) is 1.45. The summed E-state index contributed by atoms with van der Waals surface area (Å²) in [6, 6.07) is 7.04. The average Bonchev–Trinajstić information content (AvgIpc) is 2.17. The molecule has 0 aliphatic rings. The second kappa shape index (κ2) is 4.80. The van der Waals surface area contributed by atoms with E-state index < -0.39 is 0 Å². The van der Waals surface area contributed by atoms with E-state index in [9.17, 15) is 0 Å². The van der Waals surface area contributed by atoms with Gasteiger partial charge in [0, 0.05) is 11.1 Å². The van der Waals surface area contributed by atoms with Crippen molar-refractivity contribution >= 4 is 11.6 Å². The van der Waals surface area contributed by atoms with Crippen LogP contribution in [0.15, 0.2) is 30.9 Å². The molecule has 0 aliphatic carbocycles. The van der Waals surface area contributed by atoms with Gasteiger partial charge in [0.15, 0.2) is 0 Å². The van der Waals surface area contributed by atoms with E-state index in [1.165, 1.54) is 0 Å². The van der Waals surface area contributed by atoms with E-state index in [1.807, 2.05) is 6.07 Å². The van der Waals surface area contributed by atoms with Gasteiger partial charge in [-0.25, -0.2) is 0 Å². The molecule has 0 fully saturated rings. The van der Waals surface area contributed by atoms with E-state index in [1.54, 1.807) is 24.3 Å². The zero-order chi connectivity index (χ0) is 10.6. The number of nitrogens with zero attached hydrogens (tertiary/aromatic N) is 1. The second-order valence-electron chi connectivity index (χ2n) is 3.02. The van der Waals surface area contributed by atoms with Crippen LogP contribution in [0, 0.1) is 11.3 Å². The van der Waals surface area contributed by atoms with Crippen molar-refractivity contribution < 1.29 is 0 Å². The molecule has 3 heteroatoms. The van der Waals surface area contributed by atoms with E-state index in [2.05, 4.69) is 6.58 Å². The topological polar surface area (TPSA) is 49.8 Å². The molecule has 0 radical (unpaired) electrons. The third kappa shape index (κ3) is 2.59. The smallest absolute Gasteiger partial charge is 0.0992 e. The Bertz CT molecular complexity index is 379. The van der Waals surface area contributed by atoms with E-state index in [0.29, 0.717) is 17.0 Å². The second-order valence-corrected chi connectivity index (χ2v) is 3.45. The number of nitrogens with two attached hydrogens (primary N) is 1. The van der Waals surface area contributed by atoms with Crippen molar-refractivity contribution in [1.82, 2.24) is 0 Å². The summed E-state index contributed by atoms with van der Waals surface area (Å²) in [4.78, 5) is 0. The van der Waals surface area contributed by atoms with Crippen molar-refractivity contribution in [3.63, 3.8) is 0 Å². The average molecular weight is 207 g/mol. The molecule has 0 saturated carbocycles. The van der Waals surface area contributed by atoms with Gasteiger partial charge in [0.1, 0.15) is 0 Å². The minimum absolute atomic E-state index is 0.140. The predicted octanol–water partition coefficient (Wildman–Crippen LogP) is 2.79. The fraction of sp³-hybridized carbons (Fsp3) is 0.182. The van der Waals surface area contributed by atoms with Gasteiger partial charge in [-0.3, -0.25) is 0 Å². The summed E-state index contributed by atoms with van der Waals surface area (Å²) < 4.78 is 0. The number of rotatable bonds is 3. The van der Waals surface area contributed by atoms with Crippen LogP contribution in [-0.2, 0) is 0 Å². The van der Waals surface area contributed by atoms with E-state index in [0.717, 1.165) is 5.56 Å². The Kier molecular flexibility index (Phi) is 3.70. The van der Waals surface area contributed by atoms with Crippen LogP contribution in [0.3, 0.4) is 0 Å². The number of nitriles is 1. The molecule has 0 heterocycles.